The number of hydrogen-bond acceptors (Lipinski definition) is 6. The van der Waals surface area contributed by atoms with E-state index in [9.17, 15) is 14.4 Å². The van der Waals surface area contributed by atoms with Gasteiger partial charge in [0.25, 0.3) is 0 Å². The second kappa shape index (κ2) is 58.7. The van der Waals surface area contributed by atoms with Gasteiger partial charge in [0, 0.05) is 19.3 Å². The Labute approximate surface area is 434 Å². The smallest absolute Gasteiger partial charge is 0.306 e. The summed E-state index contributed by atoms with van der Waals surface area (Å²) in [6.07, 6.45) is 73.7. The Morgan fingerprint density at radius 3 is 0.871 bits per heavy atom. The van der Waals surface area contributed by atoms with E-state index >= 15 is 0 Å². The molecule has 0 bridgehead atoms. The van der Waals surface area contributed by atoms with E-state index in [1.165, 1.54) is 161 Å². The Kier molecular flexibility index (Phi) is 56.3. The molecule has 1 unspecified atom stereocenters. The van der Waals surface area contributed by atoms with Crippen molar-refractivity contribution in [1.82, 2.24) is 0 Å². The van der Waals surface area contributed by atoms with Gasteiger partial charge in [-0.1, -0.05) is 287 Å². The minimum Gasteiger partial charge on any atom is -0.462 e. The highest BCUT2D eigenvalue weighted by atomic mass is 16.6. The first-order valence-corrected chi connectivity index (χ1v) is 30.3. The first kappa shape index (κ1) is 67.1. The predicted molar refractivity (Wildman–Crippen MR) is 302 cm³/mol. The van der Waals surface area contributed by atoms with Crippen molar-refractivity contribution < 1.29 is 28.6 Å². The highest BCUT2D eigenvalue weighted by Crippen LogP contribution is 2.17. The lowest BCUT2D eigenvalue weighted by molar-refractivity contribution is -0.167. The average Bonchev–Trinajstić information content (AvgIpc) is 3.36. The van der Waals surface area contributed by atoms with Gasteiger partial charge in [-0.05, 0) is 64.2 Å². The van der Waals surface area contributed by atoms with Crippen LogP contribution < -0.4 is 0 Å². The number of carbonyl (C=O) groups excluding carboxylic acids is 3. The van der Waals surface area contributed by atoms with E-state index in [0.717, 1.165) is 109 Å². The van der Waals surface area contributed by atoms with Gasteiger partial charge >= 0.3 is 17.9 Å². The van der Waals surface area contributed by atoms with Gasteiger partial charge in [0.2, 0.25) is 0 Å². The molecule has 0 aromatic carbocycles. The van der Waals surface area contributed by atoms with Crippen LogP contribution in [0.15, 0.2) is 60.8 Å². The number of unbranched alkanes of at least 4 members (excludes halogenated alkanes) is 34. The number of carbonyl (C=O) groups is 3. The third-order valence-corrected chi connectivity index (χ3v) is 13.3. The molecule has 70 heavy (non-hydrogen) atoms. The minimum absolute atomic E-state index is 0.0766. The molecule has 0 spiro atoms. The molecule has 0 N–H and O–H groups in total. The van der Waals surface area contributed by atoms with Gasteiger partial charge in [0.1, 0.15) is 13.2 Å². The molecule has 0 amide bonds. The molecule has 0 fully saturated rings. The minimum atomic E-state index is -0.779. The lowest BCUT2D eigenvalue weighted by Gasteiger charge is -2.18. The third-order valence-electron chi connectivity index (χ3n) is 13.3. The predicted octanol–water partition coefficient (Wildman–Crippen LogP) is 20.4. The molecule has 0 aliphatic carbocycles. The van der Waals surface area contributed by atoms with E-state index in [-0.39, 0.29) is 31.1 Å². The van der Waals surface area contributed by atoms with Crippen LogP contribution in [0.3, 0.4) is 0 Å². The van der Waals surface area contributed by atoms with Crippen molar-refractivity contribution in [3.63, 3.8) is 0 Å². The normalized spacial score (nSPS) is 12.4. The van der Waals surface area contributed by atoms with Crippen LogP contribution in [0.2, 0.25) is 0 Å². The van der Waals surface area contributed by atoms with Crippen molar-refractivity contribution in [2.75, 3.05) is 13.2 Å². The summed E-state index contributed by atoms with van der Waals surface area (Å²) >= 11 is 0. The fourth-order valence-electron chi connectivity index (χ4n) is 8.77. The van der Waals surface area contributed by atoms with E-state index in [1.54, 1.807) is 0 Å². The summed E-state index contributed by atoms with van der Waals surface area (Å²) in [5.41, 5.74) is 0. The second-order valence-corrected chi connectivity index (χ2v) is 20.2. The molecular weight excluding hydrogens is 865 g/mol. The van der Waals surface area contributed by atoms with Crippen molar-refractivity contribution in [2.45, 2.75) is 316 Å². The average molecular weight is 980 g/mol. The van der Waals surface area contributed by atoms with E-state index in [2.05, 4.69) is 81.5 Å². The summed E-state index contributed by atoms with van der Waals surface area (Å²) in [6.45, 7) is 6.54. The Morgan fingerprint density at radius 2 is 0.557 bits per heavy atom. The Hall–Kier alpha value is -2.89. The van der Waals surface area contributed by atoms with Gasteiger partial charge in [-0.15, -0.1) is 0 Å². The number of rotatable bonds is 55. The highest BCUT2D eigenvalue weighted by molar-refractivity contribution is 5.71. The lowest BCUT2D eigenvalue weighted by atomic mass is 10.0. The molecule has 0 aromatic heterocycles. The van der Waals surface area contributed by atoms with Crippen LogP contribution in [0.5, 0.6) is 0 Å². The maximum atomic E-state index is 12.9. The Balaban J connectivity index is 4.29. The zero-order valence-corrected chi connectivity index (χ0v) is 46.5. The molecule has 0 radical (unpaired) electrons. The van der Waals surface area contributed by atoms with Crippen LogP contribution in [-0.4, -0.2) is 37.2 Å². The van der Waals surface area contributed by atoms with Gasteiger partial charge < -0.3 is 14.2 Å². The zero-order chi connectivity index (χ0) is 50.7. The van der Waals surface area contributed by atoms with Crippen molar-refractivity contribution in [2.24, 2.45) is 0 Å². The molecular formula is C64H114O6. The number of esters is 3. The molecule has 6 nitrogen and oxygen atoms in total. The van der Waals surface area contributed by atoms with Crippen molar-refractivity contribution in [3.05, 3.63) is 60.8 Å². The van der Waals surface area contributed by atoms with Gasteiger partial charge in [0.05, 0.1) is 0 Å². The lowest BCUT2D eigenvalue weighted by Crippen LogP contribution is -2.30. The molecule has 0 rings (SSSR count). The molecule has 1 atom stereocenters. The van der Waals surface area contributed by atoms with Crippen molar-refractivity contribution in [3.8, 4) is 0 Å². The van der Waals surface area contributed by atoms with E-state index in [1.807, 2.05) is 0 Å². The number of hydrogen-bond donors (Lipinski definition) is 0. The fraction of sp³-hybridized carbons (Fsp3) is 0.797. The first-order valence-electron chi connectivity index (χ1n) is 30.3. The molecule has 0 heterocycles. The monoisotopic (exact) mass is 979 g/mol. The van der Waals surface area contributed by atoms with Crippen LogP contribution in [-0.2, 0) is 28.6 Å². The summed E-state index contributed by atoms with van der Waals surface area (Å²) in [4.78, 5) is 38.1. The molecule has 0 aliphatic rings. The van der Waals surface area contributed by atoms with Crippen LogP contribution >= 0.6 is 0 Å². The molecule has 0 saturated carbocycles. The van der Waals surface area contributed by atoms with Crippen LogP contribution in [0.4, 0.5) is 0 Å². The second-order valence-electron chi connectivity index (χ2n) is 20.2. The first-order chi connectivity index (χ1) is 34.5. The number of ether oxygens (including phenoxy) is 3. The molecule has 6 heteroatoms. The Morgan fingerprint density at radius 1 is 0.300 bits per heavy atom. The zero-order valence-electron chi connectivity index (χ0n) is 46.5. The summed E-state index contributed by atoms with van der Waals surface area (Å²) in [5, 5.41) is 0. The van der Waals surface area contributed by atoms with Crippen molar-refractivity contribution >= 4 is 17.9 Å². The van der Waals surface area contributed by atoms with E-state index in [4.69, 9.17) is 14.2 Å². The molecule has 406 valence electrons. The van der Waals surface area contributed by atoms with E-state index in [0.29, 0.717) is 19.3 Å². The quantitative estimate of drug-likeness (QED) is 0.0261. The van der Waals surface area contributed by atoms with Gasteiger partial charge in [-0.3, -0.25) is 14.4 Å². The maximum absolute atomic E-state index is 12.9. The number of allylic oxidation sites excluding steroid dienone is 10. The summed E-state index contributed by atoms with van der Waals surface area (Å²) in [5.74, 6) is -0.882. The van der Waals surface area contributed by atoms with Crippen molar-refractivity contribution in [1.29, 1.82) is 0 Å². The molecule has 0 aromatic rings. The van der Waals surface area contributed by atoms with Gasteiger partial charge in [-0.2, -0.15) is 0 Å². The largest absolute Gasteiger partial charge is 0.462 e. The van der Waals surface area contributed by atoms with Gasteiger partial charge in [0.15, 0.2) is 6.10 Å². The van der Waals surface area contributed by atoms with Gasteiger partial charge in [-0.25, -0.2) is 0 Å². The summed E-state index contributed by atoms with van der Waals surface area (Å²) in [7, 11) is 0. The van der Waals surface area contributed by atoms with Crippen LogP contribution in [0, 0.1) is 0 Å². The molecule has 0 aliphatic heterocycles. The van der Waals surface area contributed by atoms with Crippen LogP contribution in [0.1, 0.15) is 310 Å². The highest BCUT2D eigenvalue weighted by Gasteiger charge is 2.19. The third kappa shape index (κ3) is 56.0. The maximum Gasteiger partial charge on any atom is 0.306 e. The summed E-state index contributed by atoms with van der Waals surface area (Å²) < 4.78 is 16.9. The standard InChI is InChI=1S/C64H114O6/c1-4-7-10-13-16-19-22-24-26-28-30-32-34-36-38-40-42-45-48-51-54-57-63(66)69-60-61(59-68-62(65)56-53-50-47-44-21-18-15-12-9-6-3)70-64(67)58-55-52-49-46-43-41-39-37-35-33-31-29-27-25-23-20-17-14-11-8-5-2/h7,10,16,19,24,26,30,32,36,38,61H,4-6,8-9,11-15,17-18,20-23,25,27-29,31,33-35,37,39-60H2,1-3H3/b10-7-,19-16-,26-24-,32-30-,38-36-. The van der Waals surface area contributed by atoms with E-state index < -0.39 is 6.10 Å². The topological polar surface area (TPSA) is 78.9 Å². The Bertz CT molecular complexity index is 1260. The molecule has 0 saturated heterocycles. The fourth-order valence-corrected chi connectivity index (χ4v) is 8.77. The van der Waals surface area contributed by atoms with Crippen LogP contribution in [0.25, 0.3) is 0 Å². The SMILES string of the molecule is CC/C=C\C/C=C\C/C=C\C/C=C\C/C=C\CCCCCCCC(=O)OCC(COC(=O)CCCCCCCCCCCC)OC(=O)CCCCCCCCCCCCCCCCCCCCCCC. The summed E-state index contributed by atoms with van der Waals surface area (Å²) in [6, 6.07) is 0.